The highest BCUT2D eigenvalue weighted by atomic mass is 79.9. The van der Waals surface area contributed by atoms with E-state index >= 15 is 0 Å². The lowest BCUT2D eigenvalue weighted by atomic mass is 9.80. The molecule has 4 N–H and O–H groups in total. The first kappa shape index (κ1) is 30.3. The Morgan fingerprint density at radius 1 is 0.581 bits per heavy atom. The SMILES string of the molecule is C[N+](C)(CCC[N+](C)(C)Cc1ccc(B(O)O)cc1)Cc1ccc(B(O)O)cc1.[Br-].[Br-]. The van der Waals surface area contributed by atoms with E-state index in [-0.39, 0.29) is 34.0 Å². The zero-order valence-electron chi connectivity index (χ0n) is 18.7. The van der Waals surface area contributed by atoms with Crippen molar-refractivity contribution in [1.82, 2.24) is 0 Å². The molecule has 10 heteroatoms. The molecule has 0 radical (unpaired) electrons. The van der Waals surface area contributed by atoms with Gasteiger partial charge in [-0.3, -0.25) is 0 Å². The van der Waals surface area contributed by atoms with Crippen molar-refractivity contribution in [3.63, 3.8) is 0 Å². The number of rotatable bonds is 10. The second-order valence-electron chi connectivity index (χ2n) is 9.22. The first-order chi connectivity index (χ1) is 13.5. The zero-order valence-corrected chi connectivity index (χ0v) is 21.9. The summed E-state index contributed by atoms with van der Waals surface area (Å²) in [5, 5.41) is 36.8. The highest BCUT2D eigenvalue weighted by molar-refractivity contribution is 6.58. The topological polar surface area (TPSA) is 80.9 Å². The fourth-order valence-corrected chi connectivity index (χ4v) is 3.66. The van der Waals surface area contributed by atoms with E-state index in [1.807, 2.05) is 24.3 Å². The third-order valence-corrected chi connectivity index (χ3v) is 5.30. The molecule has 6 nitrogen and oxygen atoms in total. The van der Waals surface area contributed by atoms with Gasteiger partial charge in [0.15, 0.2) is 0 Å². The summed E-state index contributed by atoms with van der Waals surface area (Å²) in [5.74, 6) is 0. The molecule has 0 aliphatic heterocycles. The van der Waals surface area contributed by atoms with Crippen LogP contribution in [0.4, 0.5) is 0 Å². The summed E-state index contributed by atoms with van der Waals surface area (Å²) < 4.78 is 1.73. The Kier molecular flexibility index (Phi) is 12.8. The monoisotopic (exact) mass is 558 g/mol. The van der Waals surface area contributed by atoms with Crippen molar-refractivity contribution in [2.75, 3.05) is 41.3 Å². The molecule has 0 saturated carbocycles. The number of halogens is 2. The van der Waals surface area contributed by atoms with Gasteiger partial charge in [-0.2, -0.15) is 0 Å². The summed E-state index contributed by atoms with van der Waals surface area (Å²) in [5.41, 5.74) is 3.39. The minimum absolute atomic E-state index is 0. The highest BCUT2D eigenvalue weighted by Crippen LogP contribution is 2.13. The molecular weight excluding hydrogens is 526 g/mol. The third-order valence-electron chi connectivity index (χ3n) is 5.30. The van der Waals surface area contributed by atoms with Crippen LogP contribution in [0.25, 0.3) is 0 Å². The average molecular weight is 560 g/mol. The number of hydrogen-bond acceptors (Lipinski definition) is 4. The molecule has 0 saturated heterocycles. The Balaban J connectivity index is 0.00000450. The number of benzene rings is 2. The van der Waals surface area contributed by atoms with Gasteiger partial charge in [-0.25, -0.2) is 0 Å². The predicted octanol–water partition coefficient (Wildman–Crippen LogP) is -6.70. The van der Waals surface area contributed by atoms with Gasteiger partial charge in [-0.1, -0.05) is 48.5 Å². The molecule has 0 unspecified atom stereocenters. The van der Waals surface area contributed by atoms with E-state index < -0.39 is 14.2 Å². The van der Waals surface area contributed by atoms with Gasteiger partial charge in [0.25, 0.3) is 0 Å². The molecule has 2 aromatic rings. The quantitative estimate of drug-likeness (QED) is 0.172. The van der Waals surface area contributed by atoms with Crippen LogP contribution in [0.2, 0.25) is 0 Å². The number of nitrogens with zero attached hydrogens (tertiary/aromatic N) is 2. The van der Waals surface area contributed by atoms with E-state index in [4.69, 9.17) is 0 Å². The van der Waals surface area contributed by atoms with Crippen LogP contribution in [-0.2, 0) is 13.1 Å². The van der Waals surface area contributed by atoms with Gasteiger partial charge < -0.3 is 63.0 Å². The normalized spacial score (nSPS) is 11.4. The van der Waals surface area contributed by atoms with Crippen LogP contribution in [0.1, 0.15) is 17.5 Å². The van der Waals surface area contributed by atoms with Crippen LogP contribution in [0.3, 0.4) is 0 Å². The maximum absolute atomic E-state index is 9.21. The van der Waals surface area contributed by atoms with Crippen molar-refractivity contribution in [1.29, 1.82) is 0 Å². The lowest BCUT2D eigenvalue weighted by Crippen LogP contribution is -3.00. The molecule has 0 aliphatic carbocycles. The highest BCUT2D eigenvalue weighted by Gasteiger charge is 2.21. The van der Waals surface area contributed by atoms with Crippen molar-refractivity contribution in [2.24, 2.45) is 0 Å². The fraction of sp³-hybridized carbons (Fsp3) is 0.429. The average Bonchev–Trinajstić information content (AvgIpc) is 2.61. The van der Waals surface area contributed by atoms with Gasteiger partial charge in [0.05, 0.1) is 41.3 Å². The molecule has 2 aromatic carbocycles. The Bertz CT molecular complexity index is 708. The standard InChI is InChI=1S/C21H34B2N2O4.2BrH/c1-24(2,16-18-6-10-20(11-7-18)22(26)27)14-5-15-25(3,4)17-19-8-12-21(13-9-19)23(28)29;;/h6-13,26-29H,5,14-17H2,1-4H3;2*1H/q+2;;/p-2. The summed E-state index contributed by atoms with van der Waals surface area (Å²) in [7, 11) is 6.02. The lowest BCUT2D eigenvalue weighted by Gasteiger charge is -2.34. The van der Waals surface area contributed by atoms with Gasteiger partial charge in [0.2, 0.25) is 0 Å². The van der Waals surface area contributed by atoms with Gasteiger partial charge in [-0.15, -0.1) is 0 Å². The minimum Gasteiger partial charge on any atom is -1.00 e. The smallest absolute Gasteiger partial charge is 0.488 e. The molecule has 2 rings (SSSR count). The van der Waals surface area contributed by atoms with E-state index in [0.717, 1.165) is 41.6 Å². The van der Waals surface area contributed by atoms with E-state index in [9.17, 15) is 20.1 Å². The molecule has 0 amide bonds. The molecule has 0 bridgehead atoms. The van der Waals surface area contributed by atoms with E-state index in [1.54, 1.807) is 24.3 Å². The van der Waals surface area contributed by atoms with Crippen LogP contribution in [0, 0.1) is 0 Å². The molecule has 31 heavy (non-hydrogen) atoms. The first-order valence-corrected chi connectivity index (χ1v) is 10.0. The Morgan fingerprint density at radius 3 is 1.13 bits per heavy atom. The van der Waals surface area contributed by atoms with E-state index in [1.165, 1.54) is 11.1 Å². The Hall–Kier alpha value is -0.710. The molecule has 172 valence electrons. The van der Waals surface area contributed by atoms with Crippen LogP contribution in [-0.4, -0.2) is 84.6 Å². The van der Waals surface area contributed by atoms with Gasteiger partial charge in [-0.05, 0) is 10.9 Å². The van der Waals surface area contributed by atoms with E-state index in [0.29, 0.717) is 10.9 Å². The maximum atomic E-state index is 9.21. The van der Waals surface area contributed by atoms with Crippen molar-refractivity contribution in [3.05, 3.63) is 59.7 Å². The lowest BCUT2D eigenvalue weighted by molar-refractivity contribution is -0.922. The predicted molar refractivity (Wildman–Crippen MR) is 119 cm³/mol. The number of hydrogen-bond donors (Lipinski definition) is 4. The summed E-state index contributed by atoms with van der Waals surface area (Å²) in [6.45, 7) is 3.86. The fourth-order valence-electron chi connectivity index (χ4n) is 3.66. The van der Waals surface area contributed by atoms with Crippen molar-refractivity contribution in [3.8, 4) is 0 Å². The second kappa shape index (κ2) is 13.1. The largest absolute Gasteiger partial charge is 1.00 e. The maximum Gasteiger partial charge on any atom is 0.488 e. The summed E-state index contributed by atoms with van der Waals surface area (Å²) in [6.07, 6.45) is 1.08. The van der Waals surface area contributed by atoms with Gasteiger partial charge >= 0.3 is 14.2 Å². The number of quaternary nitrogens is 2. The molecule has 0 atom stereocenters. The van der Waals surface area contributed by atoms with Crippen LogP contribution < -0.4 is 44.9 Å². The van der Waals surface area contributed by atoms with Crippen LogP contribution in [0.5, 0.6) is 0 Å². The van der Waals surface area contributed by atoms with Crippen molar-refractivity contribution in [2.45, 2.75) is 19.5 Å². The van der Waals surface area contributed by atoms with Gasteiger partial charge in [0, 0.05) is 17.5 Å². The molecule has 0 heterocycles. The molecule has 0 aliphatic rings. The van der Waals surface area contributed by atoms with Crippen LogP contribution >= 0.6 is 0 Å². The van der Waals surface area contributed by atoms with Crippen molar-refractivity contribution >= 4 is 25.2 Å². The van der Waals surface area contributed by atoms with Gasteiger partial charge in [0.1, 0.15) is 13.1 Å². The molecule has 0 fully saturated rings. The van der Waals surface area contributed by atoms with E-state index in [2.05, 4.69) is 28.2 Å². The molecular formula is C21H34B2Br2N2O4. The summed E-state index contributed by atoms with van der Waals surface area (Å²) >= 11 is 0. The van der Waals surface area contributed by atoms with Crippen molar-refractivity contribution < 1.29 is 63.0 Å². The first-order valence-electron chi connectivity index (χ1n) is 10.0. The zero-order chi connectivity index (χ0) is 21.7. The molecule has 0 aromatic heterocycles. The summed E-state index contributed by atoms with van der Waals surface area (Å²) in [4.78, 5) is 0. The Morgan fingerprint density at radius 2 is 0.871 bits per heavy atom. The summed E-state index contributed by atoms with van der Waals surface area (Å²) in [6, 6.07) is 14.9. The Labute approximate surface area is 208 Å². The molecule has 0 spiro atoms. The third kappa shape index (κ3) is 10.6. The van der Waals surface area contributed by atoms with Crippen LogP contribution in [0.15, 0.2) is 48.5 Å². The second-order valence-corrected chi connectivity index (χ2v) is 9.22. The minimum atomic E-state index is -1.42.